The molecule has 21 heavy (non-hydrogen) atoms. The Morgan fingerprint density at radius 3 is 2.62 bits per heavy atom. The molecule has 0 saturated heterocycles. The molecule has 7 heteroatoms. The Kier molecular flexibility index (Phi) is 3.52. The van der Waals surface area contributed by atoms with Gasteiger partial charge in [0.15, 0.2) is 5.69 Å². The van der Waals surface area contributed by atoms with Gasteiger partial charge in [-0.05, 0) is 17.7 Å². The molecule has 3 rings (SSSR count). The second-order valence-corrected chi connectivity index (χ2v) is 4.26. The summed E-state index contributed by atoms with van der Waals surface area (Å²) in [6, 6.07) is 9.87. The molecule has 0 aliphatic carbocycles. The highest BCUT2D eigenvalue weighted by Crippen LogP contribution is 2.10. The van der Waals surface area contributed by atoms with E-state index in [1.165, 1.54) is 12.5 Å². The molecule has 0 aliphatic heterocycles. The summed E-state index contributed by atoms with van der Waals surface area (Å²) in [5.41, 5.74) is 2.36. The fraction of sp³-hybridized carbons (Fsp3) is 0.0714. The number of nitrogens with zero attached hydrogens (tertiary/aromatic N) is 6. The van der Waals surface area contributed by atoms with E-state index >= 15 is 0 Å². The highest BCUT2D eigenvalue weighted by Gasteiger charge is 1.99. The molecule has 0 spiro atoms. The molecule has 0 amide bonds. The van der Waals surface area contributed by atoms with Gasteiger partial charge in [-0.2, -0.15) is 10.4 Å². The molecule has 3 aromatic rings. The smallest absolute Gasteiger partial charge is 0.158 e. The second kappa shape index (κ2) is 5.79. The number of rotatable bonds is 4. The third kappa shape index (κ3) is 3.01. The van der Waals surface area contributed by atoms with Gasteiger partial charge in [-0.1, -0.05) is 12.1 Å². The SMILES string of the molecule is N#Cc1cnc(NCc2ccc(-n3cncn3)cc2)cn1. The lowest BCUT2D eigenvalue weighted by Crippen LogP contribution is -2.02. The molecule has 0 saturated carbocycles. The Bertz CT molecular complexity index is 740. The molecule has 0 radical (unpaired) electrons. The van der Waals surface area contributed by atoms with Crippen molar-refractivity contribution in [3.63, 3.8) is 0 Å². The molecule has 1 N–H and O–H groups in total. The van der Waals surface area contributed by atoms with E-state index < -0.39 is 0 Å². The van der Waals surface area contributed by atoms with E-state index in [1.807, 2.05) is 30.3 Å². The Labute approximate surface area is 120 Å². The quantitative estimate of drug-likeness (QED) is 0.777. The third-order valence-corrected chi connectivity index (χ3v) is 2.86. The summed E-state index contributed by atoms with van der Waals surface area (Å²) in [5, 5.41) is 15.9. The maximum Gasteiger partial charge on any atom is 0.158 e. The standard InChI is InChI=1S/C14H11N7/c15-5-12-7-19-14(8-17-12)18-6-11-1-3-13(4-2-11)21-10-16-9-20-21/h1-4,7-10H,6H2,(H,18,19). The number of nitriles is 1. The summed E-state index contributed by atoms with van der Waals surface area (Å²) in [6.45, 7) is 0.623. The fourth-order valence-corrected chi connectivity index (χ4v) is 1.78. The lowest BCUT2D eigenvalue weighted by atomic mass is 10.2. The monoisotopic (exact) mass is 277 g/mol. The highest BCUT2D eigenvalue weighted by atomic mass is 15.3. The van der Waals surface area contributed by atoms with Crippen molar-refractivity contribution >= 4 is 5.82 Å². The highest BCUT2D eigenvalue weighted by molar-refractivity contribution is 5.37. The van der Waals surface area contributed by atoms with Crippen LogP contribution in [0, 0.1) is 11.3 Å². The van der Waals surface area contributed by atoms with Gasteiger partial charge in [-0.25, -0.2) is 19.6 Å². The lowest BCUT2D eigenvalue weighted by molar-refractivity contribution is 0.877. The van der Waals surface area contributed by atoms with Crippen molar-refractivity contribution < 1.29 is 0 Å². The van der Waals surface area contributed by atoms with Crippen molar-refractivity contribution in [2.45, 2.75) is 6.54 Å². The molecule has 2 aromatic heterocycles. The molecule has 0 bridgehead atoms. The first-order valence-electron chi connectivity index (χ1n) is 6.25. The van der Waals surface area contributed by atoms with Crippen molar-refractivity contribution in [2.75, 3.05) is 5.32 Å². The van der Waals surface area contributed by atoms with Crippen LogP contribution in [0.1, 0.15) is 11.3 Å². The Hall–Kier alpha value is -3.27. The van der Waals surface area contributed by atoms with Gasteiger partial charge in [0.05, 0.1) is 18.1 Å². The largest absolute Gasteiger partial charge is 0.365 e. The summed E-state index contributed by atoms with van der Waals surface area (Å²) in [4.78, 5) is 12.0. The molecular formula is C14H11N7. The minimum Gasteiger partial charge on any atom is -0.365 e. The second-order valence-electron chi connectivity index (χ2n) is 4.26. The minimum atomic E-state index is 0.303. The van der Waals surface area contributed by atoms with Crippen LogP contribution in [0.25, 0.3) is 5.69 Å². The van der Waals surface area contributed by atoms with Crippen molar-refractivity contribution in [1.82, 2.24) is 24.7 Å². The van der Waals surface area contributed by atoms with E-state index in [0.29, 0.717) is 18.1 Å². The summed E-state index contributed by atoms with van der Waals surface area (Å²) < 4.78 is 1.70. The predicted molar refractivity (Wildman–Crippen MR) is 75.4 cm³/mol. The van der Waals surface area contributed by atoms with Crippen LogP contribution in [-0.4, -0.2) is 24.7 Å². The lowest BCUT2D eigenvalue weighted by Gasteiger charge is -2.06. The van der Waals surface area contributed by atoms with Crippen molar-refractivity contribution in [3.8, 4) is 11.8 Å². The van der Waals surface area contributed by atoms with Gasteiger partial charge >= 0.3 is 0 Å². The van der Waals surface area contributed by atoms with Crippen molar-refractivity contribution in [1.29, 1.82) is 5.26 Å². The summed E-state index contributed by atoms with van der Waals surface area (Å²) in [5.74, 6) is 0.634. The summed E-state index contributed by atoms with van der Waals surface area (Å²) in [7, 11) is 0. The third-order valence-electron chi connectivity index (χ3n) is 2.86. The normalized spacial score (nSPS) is 10.0. The van der Waals surface area contributed by atoms with E-state index in [-0.39, 0.29) is 0 Å². The van der Waals surface area contributed by atoms with Crippen LogP contribution in [0.5, 0.6) is 0 Å². The Morgan fingerprint density at radius 2 is 2.00 bits per heavy atom. The average molecular weight is 277 g/mol. The van der Waals surface area contributed by atoms with Crippen LogP contribution in [0.4, 0.5) is 5.82 Å². The van der Waals surface area contributed by atoms with E-state index in [9.17, 15) is 0 Å². The molecule has 1 aromatic carbocycles. The zero-order chi connectivity index (χ0) is 14.5. The van der Waals surface area contributed by atoms with Crippen LogP contribution in [-0.2, 0) is 6.54 Å². The van der Waals surface area contributed by atoms with E-state index in [2.05, 4.69) is 25.4 Å². The molecule has 0 atom stereocenters. The van der Waals surface area contributed by atoms with Gasteiger partial charge in [0, 0.05) is 6.54 Å². The zero-order valence-corrected chi connectivity index (χ0v) is 11.0. The van der Waals surface area contributed by atoms with E-state index in [1.54, 1.807) is 17.2 Å². The number of nitrogens with one attached hydrogen (secondary N) is 1. The van der Waals surface area contributed by atoms with Crippen molar-refractivity contribution in [3.05, 3.63) is 60.6 Å². The molecular weight excluding hydrogens is 266 g/mol. The number of aromatic nitrogens is 5. The summed E-state index contributed by atoms with van der Waals surface area (Å²) in [6.07, 6.45) is 6.14. The molecule has 0 aliphatic rings. The van der Waals surface area contributed by atoms with E-state index in [0.717, 1.165) is 11.3 Å². The zero-order valence-electron chi connectivity index (χ0n) is 11.0. The van der Waals surface area contributed by atoms with Crippen LogP contribution in [0.3, 0.4) is 0 Å². The number of benzene rings is 1. The van der Waals surface area contributed by atoms with Gasteiger partial charge < -0.3 is 5.32 Å². The van der Waals surface area contributed by atoms with E-state index in [4.69, 9.17) is 5.26 Å². The summed E-state index contributed by atoms with van der Waals surface area (Å²) >= 11 is 0. The van der Waals surface area contributed by atoms with Crippen LogP contribution < -0.4 is 5.32 Å². The number of hydrogen-bond acceptors (Lipinski definition) is 6. The number of anilines is 1. The molecule has 0 fully saturated rings. The maximum absolute atomic E-state index is 8.66. The van der Waals surface area contributed by atoms with Crippen LogP contribution in [0.2, 0.25) is 0 Å². The first kappa shape index (κ1) is 12.7. The average Bonchev–Trinajstić information content (AvgIpc) is 3.08. The van der Waals surface area contributed by atoms with Gasteiger partial charge in [0.1, 0.15) is 24.5 Å². The molecule has 0 unspecified atom stereocenters. The van der Waals surface area contributed by atoms with Gasteiger partial charge in [-0.3, -0.25) is 0 Å². The molecule has 2 heterocycles. The minimum absolute atomic E-state index is 0.303. The fourth-order valence-electron chi connectivity index (χ4n) is 1.78. The van der Waals surface area contributed by atoms with Gasteiger partial charge in [-0.15, -0.1) is 0 Å². The first-order chi connectivity index (χ1) is 10.3. The maximum atomic E-state index is 8.66. The van der Waals surface area contributed by atoms with Gasteiger partial charge in [0.25, 0.3) is 0 Å². The van der Waals surface area contributed by atoms with Crippen LogP contribution >= 0.6 is 0 Å². The first-order valence-corrected chi connectivity index (χ1v) is 6.25. The Balaban J connectivity index is 1.64. The molecule has 7 nitrogen and oxygen atoms in total. The van der Waals surface area contributed by atoms with Crippen molar-refractivity contribution in [2.24, 2.45) is 0 Å². The number of hydrogen-bond donors (Lipinski definition) is 1. The topological polar surface area (TPSA) is 92.3 Å². The predicted octanol–water partition coefficient (Wildman–Crippen LogP) is 1.54. The van der Waals surface area contributed by atoms with Gasteiger partial charge in [0.2, 0.25) is 0 Å². The van der Waals surface area contributed by atoms with Crippen LogP contribution in [0.15, 0.2) is 49.3 Å². The Morgan fingerprint density at radius 1 is 1.14 bits per heavy atom. The molecule has 102 valence electrons.